The number of nitrogens with zero attached hydrogens (tertiary/aromatic N) is 1. The highest BCUT2D eigenvalue weighted by molar-refractivity contribution is 6.14. The van der Waals surface area contributed by atoms with E-state index < -0.39 is 5.41 Å². The van der Waals surface area contributed by atoms with Crippen molar-refractivity contribution >= 4 is 49.4 Å². The topological polar surface area (TPSA) is 3.24 Å². The fourth-order valence-corrected chi connectivity index (χ4v) is 9.58. The lowest BCUT2D eigenvalue weighted by molar-refractivity contribution is 0.768. The van der Waals surface area contributed by atoms with Gasteiger partial charge in [-0.2, -0.15) is 0 Å². The molecule has 56 heavy (non-hydrogen) atoms. The maximum atomic E-state index is 2.51. The average Bonchev–Trinajstić information content (AvgIpc) is 3.59. The molecular weight excluding hydrogens is 675 g/mol. The van der Waals surface area contributed by atoms with E-state index in [0.29, 0.717) is 0 Å². The largest absolute Gasteiger partial charge is 0.309 e. The number of hydrogen-bond donors (Lipinski definition) is 0. The summed E-state index contributed by atoms with van der Waals surface area (Å²) in [7, 11) is 0. The van der Waals surface area contributed by atoms with Crippen LogP contribution < -0.4 is 4.90 Å². The van der Waals surface area contributed by atoms with Crippen molar-refractivity contribution in [1.82, 2.24) is 0 Å². The normalized spacial score (nSPS) is 12.8. The van der Waals surface area contributed by atoms with Gasteiger partial charge in [0, 0.05) is 16.6 Å². The predicted octanol–water partition coefficient (Wildman–Crippen LogP) is 14.6. The molecule has 1 heteroatoms. The lowest BCUT2D eigenvalue weighted by Gasteiger charge is -2.34. The zero-order chi connectivity index (χ0) is 37.1. The van der Waals surface area contributed by atoms with E-state index in [9.17, 15) is 0 Å². The van der Waals surface area contributed by atoms with Gasteiger partial charge in [-0.05, 0) is 96.2 Å². The monoisotopic (exact) mass is 711 g/mol. The summed E-state index contributed by atoms with van der Waals surface area (Å²) in [6.07, 6.45) is 0. The van der Waals surface area contributed by atoms with Gasteiger partial charge >= 0.3 is 0 Å². The predicted molar refractivity (Wildman–Crippen MR) is 236 cm³/mol. The molecule has 10 aromatic rings. The van der Waals surface area contributed by atoms with Gasteiger partial charge in [0.05, 0.1) is 16.8 Å². The summed E-state index contributed by atoms with van der Waals surface area (Å²) in [6, 6.07) is 82.7. The molecular formula is C55H37N. The number of fused-ring (bicyclic) bond motifs is 7. The molecule has 10 aromatic carbocycles. The Balaban J connectivity index is 1.22. The highest BCUT2D eigenvalue weighted by atomic mass is 15.1. The molecule has 1 aliphatic rings. The number of anilines is 3. The molecule has 0 radical (unpaired) electrons. The van der Waals surface area contributed by atoms with Gasteiger partial charge in [-0.3, -0.25) is 0 Å². The standard InChI is InChI=1S/C55H37N/c1-3-22-41(23-4-1)55(42-24-5-2-6-25-42)50-32-14-13-31-48(50)54-51(55)33-17-35-53(54)56(52-34-16-20-38-18-7-10-28-45(38)52)43-26-15-21-39(36-43)49-37-40-19-8-9-27-44(40)46-29-11-12-30-47(46)49/h1-37H. The molecule has 0 saturated carbocycles. The molecule has 0 fully saturated rings. The zero-order valence-electron chi connectivity index (χ0n) is 30.8. The van der Waals surface area contributed by atoms with E-state index in [1.54, 1.807) is 0 Å². The molecule has 0 bridgehead atoms. The Bertz CT molecular complexity index is 3040. The first kappa shape index (κ1) is 32.2. The average molecular weight is 712 g/mol. The van der Waals surface area contributed by atoms with E-state index in [2.05, 4.69) is 229 Å². The van der Waals surface area contributed by atoms with Gasteiger partial charge in [-0.25, -0.2) is 0 Å². The van der Waals surface area contributed by atoms with Crippen molar-refractivity contribution in [3.8, 4) is 22.3 Å². The Morgan fingerprint density at radius 2 is 0.875 bits per heavy atom. The Morgan fingerprint density at radius 3 is 1.66 bits per heavy atom. The maximum absolute atomic E-state index is 2.51. The van der Waals surface area contributed by atoms with Gasteiger partial charge in [0.15, 0.2) is 0 Å². The first-order chi connectivity index (χ1) is 27.8. The third kappa shape index (κ3) is 4.81. The molecule has 0 unspecified atom stereocenters. The first-order valence-corrected chi connectivity index (χ1v) is 19.4. The molecule has 0 amide bonds. The first-order valence-electron chi connectivity index (χ1n) is 19.4. The van der Waals surface area contributed by atoms with Gasteiger partial charge in [0.25, 0.3) is 0 Å². The van der Waals surface area contributed by atoms with Gasteiger partial charge < -0.3 is 4.90 Å². The van der Waals surface area contributed by atoms with Crippen LogP contribution in [0.1, 0.15) is 22.3 Å². The number of rotatable bonds is 6. The van der Waals surface area contributed by atoms with Crippen LogP contribution in [0.3, 0.4) is 0 Å². The molecule has 0 saturated heterocycles. The summed E-state index contributed by atoms with van der Waals surface area (Å²) in [5, 5.41) is 7.46. The summed E-state index contributed by atoms with van der Waals surface area (Å²) in [4.78, 5) is 2.51. The Kier molecular flexibility index (Phi) is 7.47. The molecule has 0 aromatic heterocycles. The number of benzene rings is 10. The van der Waals surface area contributed by atoms with E-state index in [1.165, 1.54) is 76.8 Å². The molecule has 0 N–H and O–H groups in total. The van der Waals surface area contributed by atoms with Crippen molar-refractivity contribution < 1.29 is 0 Å². The van der Waals surface area contributed by atoms with E-state index in [1.807, 2.05) is 0 Å². The van der Waals surface area contributed by atoms with Crippen molar-refractivity contribution in [2.24, 2.45) is 0 Å². The molecule has 0 spiro atoms. The summed E-state index contributed by atoms with van der Waals surface area (Å²) in [6.45, 7) is 0. The van der Waals surface area contributed by atoms with Gasteiger partial charge in [-0.1, -0.05) is 194 Å². The summed E-state index contributed by atoms with van der Waals surface area (Å²) in [5.74, 6) is 0. The van der Waals surface area contributed by atoms with E-state index in [-0.39, 0.29) is 0 Å². The highest BCUT2D eigenvalue weighted by Crippen LogP contribution is 2.59. The van der Waals surface area contributed by atoms with E-state index in [4.69, 9.17) is 0 Å². The Morgan fingerprint density at radius 1 is 0.321 bits per heavy atom. The minimum atomic E-state index is -0.499. The van der Waals surface area contributed by atoms with Crippen LogP contribution in [0.15, 0.2) is 224 Å². The third-order valence-electron chi connectivity index (χ3n) is 11.9. The molecule has 11 rings (SSSR count). The second-order valence-electron chi connectivity index (χ2n) is 14.8. The smallest absolute Gasteiger partial charge is 0.0714 e. The lowest BCUT2D eigenvalue weighted by Crippen LogP contribution is -2.28. The van der Waals surface area contributed by atoms with Crippen molar-refractivity contribution in [2.75, 3.05) is 4.90 Å². The summed E-state index contributed by atoms with van der Waals surface area (Å²) in [5.41, 5.74) is 12.9. The van der Waals surface area contributed by atoms with Crippen LogP contribution >= 0.6 is 0 Å². The summed E-state index contributed by atoms with van der Waals surface area (Å²) < 4.78 is 0. The van der Waals surface area contributed by atoms with Crippen molar-refractivity contribution in [3.63, 3.8) is 0 Å². The minimum absolute atomic E-state index is 0.499. The fourth-order valence-electron chi connectivity index (χ4n) is 9.58. The van der Waals surface area contributed by atoms with Gasteiger partial charge in [-0.15, -0.1) is 0 Å². The van der Waals surface area contributed by atoms with Crippen molar-refractivity contribution in [3.05, 3.63) is 247 Å². The molecule has 262 valence electrons. The SMILES string of the molecule is c1ccc(C2(c3ccccc3)c3ccccc3-c3c(N(c4cccc(-c5cc6ccccc6c6ccccc56)c4)c4cccc5ccccc45)cccc32)cc1. The van der Waals surface area contributed by atoms with Crippen LogP contribution in [0.25, 0.3) is 54.6 Å². The fraction of sp³-hybridized carbons (Fsp3) is 0.0182. The second kappa shape index (κ2) is 13.0. The Hall–Kier alpha value is -7.22. The zero-order valence-corrected chi connectivity index (χ0v) is 30.8. The van der Waals surface area contributed by atoms with E-state index >= 15 is 0 Å². The third-order valence-corrected chi connectivity index (χ3v) is 11.9. The van der Waals surface area contributed by atoms with Gasteiger partial charge in [0.2, 0.25) is 0 Å². The van der Waals surface area contributed by atoms with Crippen LogP contribution in [0.5, 0.6) is 0 Å². The lowest BCUT2D eigenvalue weighted by atomic mass is 9.68. The molecule has 1 nitrogen and oxygen atoms in total. The second-order valence-corrected chi connectivity index (χ2v) is 14.8. The van der Waals surface area contributed by atoms with Crippen molar-refractivity contribution in [2.45, 2.75) is 5.41 Å². The van der Waals surface area contributed by atoms with Crippen LogP contribution in [0, 0.1) is 0 Å². The van der Waals surface area contributed by atoms with Crippen LogP contribution in [0.4, 0.5) is 17.1 Å². The van der Waals surface area contributed by atoms with Crippen LogP contribution in [-0.2, 0) is 5.41 Å². The van der Waals surface area contributed by atoms with Crippen LogP contribution in [-0.4, -0.2) is 0 Å². The Labute approximate surface area is 327 Å². The van der Waals surface area contributed by atoms with Crippen LogP contribution in [0.2, 0.25) is 0 Å². The minimum Gasteiger partial charge on any atom is -0.309 e. The molecule has 0 heterocycles. The van der Waals surface area contributed by atoms with Crippen molar-refractivity contribution in [1.29, 1.82) is 0 Å². The molecule has 1 aliphatic carbocycles. The molecule has 0 aliphatic heterocycles. The van der Waals surface area contributed by atoms with Gasteiger partial charge in [0.1, 0.15) is 0 Å². The summed E-state index contributed by atoms with van der Waals surface area (Å²) >= 11 is 0. The number of hydrogen-bond acceptors (Lipinski definition) is 1. The highest BCUT2D eigenvalue weighted by Gasteiger charge is 2.47. The van der Waals surface area contributed by atoms with E-state index in [0.717, 1.165) is 17.1 Å². The maximum Gasteiger partial charge on any atom is 0.0714 e. The quantitative estimate of drug-likeness (QED) is 0.155. The molecule has 0 atom stereocenters.